The third kappa shape index (κ3) is 6.54. The zero-order valence-corrected chi connectivity index (χ0v) is 14.6. The van der Waals surface area contributed by atoms with E-state index in [4.69, 9.17) is 14.2 Å². The number of hydrogen-bond donors (Lipinski definition) is 0. The van der Waals surface area contributed by atoms with Gasteiger partial charge in [0.25, 0.3) is 0 Å². The maximum Gasteiger partial charge on any atom is 0.310 e. The van der Waals surface area contributed by atoms with Crippen LogP contribution in [-0.4, -0.2) is 51.3 Å². The lowest BCUT2D eigenvalue weighted by molar-refractivity contribution is -0.143. The first-order valence-electron chi connectivity index (χ1n) is 7.23. The van der Waals surface area contributed by atoms with E-state index in [1.165, 1.54) is 0 Å². The van der Waals surface area contributed by atoms with Crippen LogP contribution in [0.25, 0.3) is 0 Å². The molecule has 126 valence electrons. The molecule has 1 aromatic rings. The highest BCUT2D eigenvalue weighted by molar-refractivity contribution is 5.85. The zero-order valence-electron chi connectivity index (χ0n) is 13.8. The average Bonchev–Trinajstić information content (AvgIpc) is 2.51. The van der Waals surface area contributed by atoms with E-state index in [0.29, 0.717) is 18.1 Å². The topological polar surface area (TPSA) is 48.0 Å². The summed E-state index contributed by atoms with van der Waals surface area (Å²) >= 11 is 0. The molecule has 1 aromatic carbocycles. The van der Waals surface area contributed by atoms with Crippen molar-refractivity contribution in [1.82, 2.24) is 4.90 Å². The van der Waals surface area contributed by atoms with Crippen molar-refractivity contribution in [2.24, 2.45) is 0 Å². The second-order valence-electron chi connectivity index (χ2n) is 4.61. The smallest absolute Gasteiger partial charge is 0.310 e. The van der Waals surface area contributed by atoms with Gasteiger partial charge < -0.3 is 19.1 Å². The Morgan fingerprint density at radius 3 is 2.27 bits per heavy atom. The van der Waals surface area contributed by atoms with Gasteiger partial charge in [0.05, 0.1) is 20.6 Å². The molecule has 22 heavy (non-hydrogen) atoms. The summed E-state index contributed by atoms with van der Waals surface area (Å²) < 4.78 is 15.6. The number of benzene rings is 1. The summed E-state index contributed by atoms with van der Waals surface area (Å²) in [6.07, 6.45) is 0.235. The number of halogens is 1. The van der Waals surface area contributed by atoms with Crippen LogP contribution >= 0.6 is 12.4 Å². The van der Waals surface area contributed by atoms with Crippen molar-refractivity contribution >= 4 is 18.4 Å². The van der Waals surface area contributed by atoms with Gasteiger partial charge in [-0.3, -0.25) is 4.79 Å². The summed E-state index contributed by atoms with van der Waals surface area (Å²) in [5.41, 5.74) is 0.848. The molecule has 0 radical (unpaired) electrons. The van der Waals surface area contributed by atoms with Crippen LogP contribution in [0.5, 0.6) is 11.5 Å². The summed E-state index contributed by atoms with van der Waals surface area (Å²) in [6.45, 7) is 7.30. The monoisotopic (exact) mass is 331 g/mol. The van der Waals surface area contributed by atoms with Crippen molar-refractivity contribution in [3.63, 3.8) is 0 Å². The minimum absolute atomic E-state index is 0. The van der Waals surface area contributed by atoms with Crippen molar-refractivity contribution in [2.75, 3.05) is 40.5 Å². The number of carbonyl (C=O) groups is 1. The highest BCUT2D eigenvalue weighted by Gasteiger charge is 2.09. The summed E-state index contributed by atoms with van der Waals surface area (Å²) in [4.78, 5) is 14.0. The molecular weight excluding hydrogens is 306 g/mol. The van der Waals surface area contributed by atoms with E-state index in [1.807, 2.05) is 6.07 Å². The summed E-state index contributed by atoms with van der Waals surface area (Å²) in [7, 11) is 3.16. The summed E-state index contributed by atoms with van der Waals surface area (Å²) in [5.74, 6) is 1.04. The number of esters is 1. The van der Waals surface area contributed by atoms with Crippen LogP contribution in [0, 0.1) is 0 Å². The fourth-order valence-electron chi connectivity index (χ4n) is 2.04. The molecule has 0 atom stereocenters. The minimum Gasteiger partial charge on any atom is -0.493 e. The molecule has 6 heteroatoms. The first-order chi connectivity index (χ1) is 10.1. The highest BCUT2D eigenvalue weighted by Crippen LogP contribution is 2.27. The number of carbonyl (C=O) groups excluding carboxylic acids is 1. The predicted molar refractivity (Wildman–Crippen MR) is 89.2 cm³/mol. The van der Waals surface area contributed by atoms with Crippen molar-refractivity contribution in [3.05, 3.63) is 23.8 Å². The Labute approximate surface area is 138 Å². The number of rotatable bonds is 9. The summed E-state index contributed by atoms with van der Waals surface area (Å²) in [6, 6.07) is 5.43. The van der Waals surface area contributed by atoms with Crippen LogP contribution < -0.4 is 9.47 Å². The van der Waals surface area contributed by atoms with Crippen LogP contribution in [0.3, 0.4) is 0 Å². The van der Waals surface area contributed by atoms with Gasteiger partial charge in [-0.15, -0.1) is 12.4 Å². The molecule has 0 N–H and O–H groups in total. The Morgan fingerprint density at radius 1 is 1.09 bits per heavy atom. The Kier molecular flexibility index (Phi) is 10.4. The predicted octanol–water partition coefficient (Wildman–Crippen LogP) is 2.55. The first-order valence-corrected chi connectivity index (χ1v) is 7.23. The van der Waals surface area contributed by atoms with Crippen molar-refractivity contribution < 1.29 is 19.0 Å². The minimum atomic E-state index is -0.227. The molecule has 0 heterocycles. The first kappa shape index (κ1) is 20.5. The Hall–Kier alpha value is -1.46. The number of ether oxygens (including phenoxy) is 3. The number of nitrogens with zero attached hydrogens (tertiary/aromatic N) is 1. The van der Waals surface area contributed by atoms with E-state index >= 15 is 0 Å². The second kappa shape index (κ2) is 11.2. The molecule has 5 nitrogen and oxygen atoms in total. The molecule has 0 aliphatic carbocycles. The third-order valence-electron chi connectivity index (χ3n) is 3.36. The van der Waals surface area contributed by atoms with Crippen LogP contribution in [0.1, 0.15) is 19.4 Å². The van der Waals surface area contributed by atoms with Gasteiger partial charge in [0.15, 0.2) is 11.5 Å². The fraction of sp³-hybridized carbons (Fsp3) is 0.562. The zero-order chi connectivity index (χ0) is 15.7. The van der Waals surface area contributed by atoms with Crippen LogP contribution in [0.15, 0.2) is 18.2 Å². The van der Waals surface area contributed by atoms with Crippen molar-refractivity contribution in [1.29, 1.82) is 0 Å². The molecule has 1 rings (SSSR count). The third-order valence-corrected chi connectivity index (χ3v) is 3.36. The Bertz CT molecular complexity index is 450. The van der Waals surface area contributed by atoms with Gasteiger partial charge in [0, 0.05) is 6.54 Å². The van der Waals surface area contributed by atoms with Crippen molar-refractivity contribution in [2.45, 2.75) is 20.3 Å². The van der Waals surface area contributed by atoms with Gasteiger partial charge in [-0.25, -0.2) is 0 Å². The molecule has 0 bridgehead atoms. The van der Waals surface area contributed by atoms with E-state index in [0.717, 1.165) is 25.2 Å². The highest BCUT2D eigenvalue weighted by atomic mass is 35.5. The second-order valence-corrected chi connectivity index (χ2v) is 4.61. The average molecular weight is 332 g/mol. The van der Waals surface area contributed by atoms with E-state index in [1.54, 1.807) is 26.4 Å². The lowest BCUT2D eigenvalue weighted by Gasteiger charge is -2.17. The molecule has 0 spiro atoms. The van der Waals surface area contributed by atoms with Crippen LogP contribution in [-0.2, 0) is 16.0 Å². The molecule has 0 fully saturated rings. The number of methoxy groups -OCH3 is 2. The van der Waals surface area contributed by atoms with Crippen molar-refractivity contribution in [3.8, 4) is 11.5 Å². The van der Waals surface area contributed by atoms with Gasteiger partial charge in [-0.1, -0.05) is 19.9 Å². The molecule has 0 amide bonds. The van der Waals surface area contributed by atoms with Crippen LogP contribution in [0.4, 0.5) is 0 Å². The van der Waals surface area contributed by atoms with Gasteiger partial charge in [-0.2, -0.15) is 0 Å². The normalized spacial score (nSPS) is 10.0. The lowest BCUT2D eigenvalue weighted by Crippen LogP contribution is -2.28. The van der Waals surface area contributed by atoms with Gasteiger partial charge >= 0.3 is 5.97 Å². The Morgan fingerprint density at radius 2 is 1.73 bits per heavy atom. The van der Waals surface area contributed by atoms with Crippen LogP contribution in [0.2, 0.25) is 0 Å². The SMILES string of the molecule is CCN(CC)CCOC(=O)Cc1ccc(OC)c(OC)c1.Cl. The standard InChI is InChI=1S/C16H25NO4.ClH/c1-5-17(6-2)9-10-21-16(18)12-13-7-8-14(19-3)15(11-13)20-4;/h7-8,11H,5-6,9-10,12H2,1-4H3;1H. The quantitative estimate of drug-likeness (QED) is 0.651. The maximum absolute atomic E-state index is 11.8. The fourth-order valence-corrected chi connectivity index (χ4v) is 2.04. The molecule has 0 aromatic heterocycles. The van der Waals surface area contributed by atoms with Gasteiger partial charge in [0.1, 0.15) is 6.61 Å². The van der Waals surface area contributed by atoms with Gasteiger partial charge in [0.2, 0.25) is 0 Å². The Balaban J connectivity index is 0.00000441. The van der Waals surface area contributed by atoms with E-state index in [2.05, 4.69) is 18.7 Å². The summed E-state index contributed by atoms with van der Waals surface area (Å²) in [5, 5.41) is 0. The van der Waals surface area contributed by atoms with E-state index in [-0.39, 0.29) is 24.8 Å². The van der Waals surface area contributed by atoms with E-state index in [9.17, 15) is 4.79 Å². The molecular formula is C16H26ClNO4. The van der Waals surface area contributed by atoms with E-state index < -0.39 is 0 Å². The molecule has 0 unspecified atom stereocenters. The molecule has 0 saturated heterocycles. The number of likely N-dealkylation sites (N-methyl/N-ethyl adjacent to an activating group) is 1. The number of hydrogen-bond acceptors (Lipinski definition) is 5. The van der Waals surface area contributed by atoms with Gasteiger partial charge in [-0.05, 0) is 30.8 Å². The maximum atomic E-state index is 11.8. The molecule has 0 aliphatic heterocycles. The lowest BCUT2D eigenvalue weighted by atomic mass is 10.1. The molecule has 0 saturated carbocycles. The largest absolute Gasteiger partial charge is 0.493 e. The molecule has 0 aliphatic rings.